The van der Waals surface area contributed by atoms with Gasteiger partial charge in [-0.2, -0.15) is 0 Å². The molecule has 2 aliphatic carbocycles. The normalized spacial score (nSPS) is 20.1. The molecule has 282 valence electrons. The van der Waals surface area contributed by atoms with Gasteiger partial charge in [0.25, 0.3) is 5.91 Å². The number of aliphatic imine (C=N–C) groups is 1. The van der Waals surface area contributed by atoms with Crippen LogP contribution in [-0.4, -0.2) is 88.3 Å². The molecule has 0 aromatic heterocycles. The van der Waals surface area contributed by atoms with Gasteiger partial charge in [-0.05, 0) is 83.4 Å². The molecule has 54 heavy (non-hydrogen) atoms. The van der Waals surface area contributed by atoms with Crippen molar-refractivity contribution >= 4 is 29.5 Å². The van der Waals surface area contributed by atoms with Gasteiger partial charge in [-0.3, -0.25) is 14.6 Å². The number of ketones is 1. The Balaban J connectivity index is 0.894. The number of fused-ring (bicyclic) bond motifs is 3. The molecule has 2 aliphatic heterocycles. The van der Waals surface area contributed by atoms with Gasteiger partial charge in [-0.25, -0.2) is 9.59 Å². The molecule has 2 fully saturated rings. The lowest BCUT2D eigenvalue weighted by atomic mass is 9.71. The Labute approximate surface area is 316 Å². The Morgan fingerprint density at radius 3 is 1.94 bits per heavy atom. The van der Waals surface area contributed by atoms with Crippen molar-refractivity contribution in [3.63, 3.8) is 0 Å². The summed E-state index contributed by atoms with van der Waals surface area (Å²) in [6, 6.07) is 22.5. The van der Waals surface area contributed by atoms with E-state index in [0.717, 1.165) is 25.7 Å². The van der Waals surface area contributed by atoms with Crippen LogP contribution in [0.1, 0.15) is 92.3 Å². The van der Waals surface area contributed by atoms with Crippen molar-refractivity contribution in [2.75, 3.05) is 32.8 Å². The quantitative estimate of drug-likeness (QED) is 0.228. The summed E-state index contributed by atoms with van der Waals surface area (Å²) in [7, 11) is 0. The fourth-order valence-corrected chi connectivity index (χ4v) is 8.91. The molecule has 10 heteroatoms. The van der Waals surface area contributed by atoms with E-state index in [9.17, 15) is 29.4 Å². The second-order valence-electron chi connectivity index (χ2n) is 16.3. The lowest BCUT2D eigenvalue weighted by Crippen LogP contribution is -2.49. The molecule has 2 amide bonds. The maximum Gasteiger partial charge on any atom is 0.409 e. The largest absolute Gasteiger partial charge is 0.511 e. The first-order valence-corrected chi connectivity index (χ1v) is 19.0. The second kappa shape index (κ2) is 14.9. The number of carboxylic acids is 1. The number of rotatable bonds is 8. The van der Waals surface area contributed by atoms with E-state index in [1.807, 2.05) is 47.9 Å². The first kappa shape index (κ1) is 37.1. The van der Waals surface area contributed by atoms with E-state index in [2.05, 4.69) is 29.3 Å². The van der Waals surface area contributed by atoms with Crippen LogP contribution in [0.15, 0.2) is 89.1 Å². The summed E-state index contributed by atoms with van der Waals surface area (Å²) in [5, 5.41) is 20.5. The number of hydrogen-bond donors (Lipinski definition) is 2. The number of allylic oxidation sites excluding steroid dienone is 2. The number of carbonyl (C=O) groups is 4. The van der Waals surface area contributed by atoms with Crippen molar-refractivity contribution in [3.8, 4) is 11.1 Å². The number of amides is 2. The average molecular weight is 732 g/mol. The fraction of sp³-hybridized carbons (Fsp3) is 0.432. The lowest BCUT2D eigenvalue weighted by Gasteiger charge is -2.46. The predicted octanol–water partition coefficient (Wildman–Crippen LogP) is 7.61. The van der Waals surface area contributed by atoms with Crippen LogP contribution in [0, 0.1) is 10.8 Å². The molecule has 2 saturated heterocycles. The molecule has 0 saturated carbocycles. The number of benzene rings is 3. The molecule has 3 aromatic carbocycles. The fourth-order valence-electron chi connectivity index (χ4n) is 8.91. The van der Waals surface area contributed by atoms with Crippen molar-refractivity contribution < 1.29 is 34.1 Å². The molecule has 1 unspecified atom stereocenters. The number of carboxylic acid groups (broad SMARTS) is 1. The number of likely N-dealkylation sites (tertiary alicyclic amines) is 2. The minimum atomic E-state index is -1.15. The SMILES string of the molecule is CC(=NC(Cc1ccc(C(=O)N2CCC3(CCN(C(=O)OCC4c5ccccc5-c5ccccc54)CC3)CC2)cc1)C(=O)O)C1=C(O)CC(C)(C)CC1=O. The third kappa shape index (κ3) is 7.56. The summed E-state index contributed by atoms with van der Waals surface area (Å²) in [4.78, 5) is 59.7. The number of aliphatic hydroxyl groups is 1. The van der Waals surface area contributed by atoms with Crippen LogP contribution in [0.2, 0.25) is 0 Å². The van der Waals surface area contributed by atoms with Crippen LogP contribution >= 0.6 is 0 Å². The Kier molecular flexibility index (Phi) is 10.2. The Bertz CT molecular complexity index is 1970. The highest BCUT2D eigenvalue weighted by molar-refractivity contribution is 6.22. The number of hydrogen-bond acceptors (Lipinski definition) is 7. The van der Waals surface area contributed by atoms with Gasteiger partial charge in [-0.15, -0.1) is 0 Å². The van der Waals surface area contributed by atoms with Crippen molar-refractivity contribution in [1.82, 2.24) is 9.80 Å². The molecule has 2 heterocycles. The molecule has 0 radical (unpaired) electrons. The van der Waals surface area contributed by atoms with Gasteiger partial charge in [0.05, 0.1) is 5.57 Å². The Morgan fingerprint density at radius 1 is 0.833 bits per heavy atom. The van der Waals surface area contributed by atoms with Crippen LogP contribution in [0.5, 0.6) is 0 Å². The highest BCUT2D eigenvalue weighted by atomic mass is 16.6. The number of ether oxygens (including phenoxy) is 1. The van der Waals surface area contributed by atoms with Crippen LogP contribution in [0.25, 0.3) is 11.1 Å². The van der Waals surface area contributed by atoms with Crippen LogP contribution in [-0.2, 0) is 20.7 Å². The summed E-state index contributed by atoms with van der Waals surface area (Å²) < 4.78 is 5.92. The molecule has 10 nitrogen and oxygen atoms in total. The third-order valence-corrected chi connectivity index (χ3v) is 12.0. The van der Waals surface area contributed by atoms with E-state index in [4.69, 9.17) is 4.74 Å². The number of aliphatic hydroxyl groups excluding tert-OH is 1. The minimum absolute atomic E-state index is 0.0297. The number of carbonyl (C=O) groups excluding carboxylic acids is 3. The Morgan fingerprint density at radius 2 is 1.39 bits per heavy atom. The van der Waals surface area contributed by atoms with Crippen molar-refractivity contribution in [2.24, 2.45) is 15.8 Å². The maximum absolute atomic E-state index is 13.5. The van der Waals surface area contributed by atoms with Crippen LogP contribution < -0.4 is 0 Å². The van der Waals surface area contributed by atoms with Gasteiger partial charge in [-0.1, -0.05) is 74.5 Å². The lowest BCUT2D eigenvalue weighted by molar-refractivity contribution is -0.138. The monoisotopic (exact) mass is 731 g/mol. The van der Waals surface area contributed by atoms with Gasteiger partial charge in [0, 0.05) is 62.6 Å². The minimum Gasteiger partial charge on any atom is -0.511 e. The summed E-state index contributed by atoms with van der Waals surface area (Å²) in [6.07, 6.45) is 3.90. The van der Waals surface area contributed by atoms with Crippen molar-refractivity contribution in [2.45, 2.75) is 77.7 Å². The van der Waals surface area contributed by atoms with Crippen LogP contribution in [0.4, 0.5) is 4.79 Å². The van der Waals surface area contributed by atoms with E-state index in [1.54, 1.807) is 31.2 Å². The molecular formula is C44H49N3O7. The maximum atomic E-state index is 13.5. The van der Waals surface area contributed by atoms with Crippen molar-refractivity contribution in [1.29, 1.82) is 0 Å². The molecule has 2 N–H and O–H groups in total. The number of nitrogens with zero attached hydrogens (tertiary/aromatic N) is 3. The van der Waals surface area contributed by atoms with Crippen LogP contribution in [0.3, 0.4) is 0 Å². The molecule has 1 spiro atoms. The zero-order valence-electron chi connectivity index (χ0n) is 31.3. The topological polar surface area (TPSA) is 137 Å². The van der Waals surface area contributed by atoms with Gasteiger partial charge >= 0.3 is 12.1 Å². The average Bonchev–Trinajstić information content (AvgIpc) is 3.47. The number of Topliss-reactive ketones (excluding diaryl/α,β-unsaturated/α-hetero) is 1. The zero-order chi connectivity index (χ0) is 38.2. The molecule has 0 bridgehead atoms. The highest BCUT2D eigenvalue weighted by Crippen LogP contribution is 2.45. The van der Waals surface area contributed by atoms with Gasteiger partial charge in [0.15, 0.2) is 11.8 Å². The summed E-state index contributed by atoms with van der Waals surface area (Å²) in [5.41, 5.74) is 6.11. The summed E-state index contributed by atoms with van der Waals surface area (Å²) >= 11 is 0. The summed E-state index contributed by atoms with van der Waals surface area (Å²) in [6.45, 7) is 8.24. The molecular weight excluding hydrogens is 682 g/mol. The molecule has 7 rings (SSSR count). The molecule has 4 aliphatic rings. The van der Waals surface area contributed by atoms with Gasteiger partial charge < -0.3 is 24.7 Å². The number of piperidine rings is 2. The zero-order valence-corrected chi connectivity index (χ0v) is 31.3. The third-order valence-electron chi connectivity index (χ3n) is 12.0. The van der Waals surface area contributed by atoms with E-state index < -0.39 is 12.0 Å². The second-order valence-corrected chi connectivity index (χ2v) is 16.3. The first-order valence-electron chi connectivity index (χ1n) is 19.0. The van der Waals surface area contributed by atoms with E-state index in [0.29, 0.717) is 50.3 Å². The van der Waals surface area contributed by atoms with E-state index in [-0.39, 0.29) is 64.4 Å². The first-order chi connectivity index (χ1) is 25.8. The van der Waals surface area contributed by atoms with Gasteiger partial charge in [0.1, 0.15) is 12.4 Å². The van der Waals surface area contributed by atoms with Gasteiger partial charge in [0.2, 0.25) is 0 Å². The Hall–Kier alpha value is -5.25. The van der Waals surface area contributed by atoms with E-state index in [1.165, 1.54) is 22.3 Å². The predicted molar refractivity (Wildman–Crippen MR) is 206 cm³/mol. The number of aliphatic carboxylic acids is 1. The van der Waals surface area contributed by atoms with E-state index >= 15 is 0 Å². The molecule has 3 aromatic rings. The smallest absolute Gasteiger partial charge is 0.409 e. The standard InChI is InChI=1S/C44H49N3O7/c1-28(39-37(48)25-43(2,3)26-38(39)49)45-36(41(51)52)24-29-12-14-30(15-13-29)40(50)46-20-16-44(17-21-46)18-22-47(23-19-44)42(53)54-27-35-33-10-6-4-8-31(33)32-9-5-7-11-34(32)35/h4-15,35-36,48H,16-27H2,1-3H3,(H,51,52). The summed E-state index contributed by atoms with van der Waals surface area (Å²) in [5.74, 6) is -1.45. The van der Waals surface area contributed by atoms with Crippen molar-refractivity contribution in [3.05, 3.63) is 106 Å². The molecule has 1 atom stereocenters. The highest BCUT2D eigenvalue weighted by Gasteiger charge is 2.40.